The van der Waals surface area contributed by atoms with E-state index >= 15 is 0 Å². The molecule has 0 radical (unpaired) electrons. The van der Waals surface area contributed by atoms with Crippen molar-refractivity contribution in [1.29, 1.82) is 0 Å². The van der Waals surface area contributed by atoms with E-state index in [2.05, 4.69) is 10.3 Å². The van der Waals surface area contributed by atoms with Gasteiger partial charge < -0.3 is 10.4 Å². The molecule has 0 aromatic carbocycles. The number of aliphatic hydroxyl groups excluding tert-OH is 1. The molecular formula is C10H17N3O3S. The zero-order valence-corrected chi connectivity index (χ0v) is 10.7. The third-order valence-electron chi connectivity index (χ3n) is 2.33. The molecule has 0 unspecified atom stereocenters. The average Bonchev–Trinajstić information content (AvgIpc) is 2.35. The van der Waals surface area contributed by atoms with Gasteiger partial charge in [-0.3, -0.25) is 0 Å². The Kier molecular flexibility index (Phi) is 4.86. The summed E-state index contributed by atoms with van der Waals surface area (Å²) in [6.07, 6.45) is 1.31. The van der Waals surface area contributed by atoms with Gasteiger partial charge in [-0.15, -0.1) is 0 Å². The number of rotatable bonds is 6. The molecule has 1 aromatic heterocycles. The molecule has 0 amide bonds. The minimum absolute atomic E-state index is 0.0899. The van der Waals surface area contributed by atoms with Gasteiger partial charge in [-0.25, -0.2) is 13.4 Å². The smallest absolute Gasteiger partial charge is 0.244 e. The molecule has 0 saturated heterocycles. The Hall–Kier alpha value is -1.18. The fourth-order valence-corrected chi connectivity index (χ4v) is 2.78. The molecule has 17 heavy (non-hydrogen) atoms. The third-order valence-corrected chi connectivity index (χ3v) is 4.29. The molecule has 0 fully saturated rings. The van der Waals surface area contributed by atoms with Crippen LogP contribution in [0, 0.1) is 0 Å². The summed E-state index contributed by atoms with van der Waals surface area (Å²) in [6, 6.07) is 3.09. The number of anilines is 1. The normalized spacial score (nSPS) is 11.8. The summed E-state index contributed by atoms with van der Waals surface area (Å²) < 4.78 is 25.4. The zero-order valence-electron chi connectivity index (χ0n) is 9.92. The van der Waals surface area contributed by atoms with Crippen LogP contribution in [0.3, 0.4) is 0 Å². The number of aromatic nitrogens is 1. The van der Waals surface area contributed by atoms with Crippen LogP contribution in [0.2, 0.25) is 0 Å². The molecule has 7 heteroatoms. The predicted octanol–water partition coefficient (Wildman–Crippen LogP) is 0.126. The zero-order chi connectivity index (χ0) is 12.9. The number of aliphatic hydroxyl groups is 1. The maximum atomic E-state index is 12.1. The second-order valence-electron chi connectivity index (χ2n) is 3.35. The number of sulfonamides is 1. The van der Waals surface area contributed by atoms with Crippen molar-refractivity contribution in [1.82, 2.24) is 9.29 Å². The maximum Gasteiger partial charge on any atom is 0.244 e. The van der Waals surface area contributed by atoms with E-state index in [-0.39, 0.29) is 18.0 Å². The molecule has 6 nitrogen and oxygen atoms in total. The highest BCUT2D eigenvalue weighted by molar-refractivity contribution is 7.89. The fourth-order valence-electron chi connectivity index (χ4n) is 1.39. The summed E-state index contributed by atoms with van der Waals surface area (Å²) in [5, 5.41) is 11.6. The molecule has 0 aliphatic heterocycles. The summed E-state index contributed by atoms with van der Waals surface area (Å²) in [6.45, 7) is 1.93. The highest BCUT2D eigenvalue weighted by Gasteiger charge is 2.22. The van der Waals surface area contributed by atoms with E-state index in [1.54, 1.807) is 20.0 Å². The highest BCUT2D eigenvalue weighted by Crippen LogP contribution is 2.15. The SMILES string of the molecule is CCN(CCO)S(=O)(=O)c1ccc(NC)nc1. The van der Waals surface area contributed by atoms with E-state index in [1.165, 1.54) is 16.6 Å². The van der Waals surface area contributed by atoms with Crippen LogP contribution < -0.4 is 5.32 Å². The van der Waals surface area contributed by atoms with Gasteiger partial charge in [0.05, 0.1) is 6.61 Å². The molecule has 1 aromatic rings. The summed E-state index contributed by atoms with van der Waals surface area (Å²) in [7, 11) is -1.85. The molecule has 0 saturated carbocycles. The van der Waals surface area contributed by atoms with Crippen molar-refractivity contribution in [3.05, 3.63) is 18.3 Å². The topological polar surface area (TPSA) is 82.5 Å². The Morgan fingerprint density at radius 1 is 1.47 bits per heavy atom. The Morgan fingerprint density at radius 2 is 2.18 bits per heavy atom. The second-order valence-corrected chi connectivity index (χ2v) is 5.29. The minimum atomic E-state index is -3.56. The molecule has 0 aliphatic carbocycles. The Bertz CT molecular complexity index is 444. The van der Waals surface area contributed by atoms with Gasteiger partial charge in [0.2, 0.25) is 10.0 Å². The lowest BCUT2D eigenvalue weighted by molar-refractivity contribution is 0.257. The number of likely N-dealkylation sites (N-methyl/N-ethyl adjacent to an activating group) is 1. The van der Waals surface area contributed by atoms with E-state index in [1.807, 2.05) is 0 Å². The van der Waals surface area contributed by atoms with Crippen LogP contribution in [0.5, 0.6) is 0 Å². The molecule has 2 N–H and O–H groups in total. The first-order chi connectivity index (χ1) is 8.06. The molecule has 0 atom stereocenters. The lowest BCUT2D eigenvalue weighted by Crippen LogP contribution is -2.33. The standard InChI is InChI=1S/C10H17N3O3S/c1-3-13(6-7-14)17(15,16)9-4-5-10(11-2)12-8-9/h4-5,8,14H,3,6-7H2,1-2H3,(H,11,12). The molecule has 0 aliphatic rings. The van der Waals surface area contributed by atoms with E-state index in [4.69, 9.17) is 5.11 Å². The predicted molar refractivity (Wildman–Crippen MR) is 65.3 cm³/mol. The number of nitrogens with one attached hydrogen (secondary N) is 1. The van der Waals surface area contributed by atoms with Crippen molar-refractivity contribution in [3.63, 3.8) is 0 Å². The number of nitrogens with zero attached hydrogens (tertiary/aromatic N) is 2. The quantitative estimate of drug-likeness (QED) is 0.758. The van der Waals surface area contributed by atoms with E-state index < -0.39 is 10.0 Å². The monoisotopic (exact) mass is 259 g/mol. The van der Waals surface area contributed by atoms with Gasteiger partial charge in [0.25, 0.3) is 0 Å². The van der Waals surface area contributed by atoms with Crippen LogP contribution in [-0.4, -0.2) is 49.6 Å². The number of hydrogen-bond acceptors (Lipinski definition) is 5. The first-order valence-corrected chi connectivity index (χ1v) is 6.75. The molecule has 0 bridgehead atoms. The van der Waals surface area contributed by atoms with Crippen molar-refractivity contribution in [2.24, 2.45) is 0 Å². The maximum absolute atomic E-state index is 12.1. The van der Waals surface area contributed by atoms with Crippen molar-refractivity contribution in [2.75, 3.05) is 32.1 Å². The average molecular weight is 259 g/mol. The summed E-state index contributed by atoms with van der Waals surface area (Å²) in [5.74, 6) is 0.606. The van der Waals surface area contributed by atoms with Gasteiger partial charge in [-0.05, 0) is 12.1 Å². The first kappa shape index (κ1) is 13.9. The molecule has 1 heterocycles. The third kappa shape index (κ3) is 3.15. The van der Waals surface area contributed by atoms with Crippen LogP contribution in [0.15, 0.2) is 23.2 Å². The van der Waals surface area contributed by atoms with Gasteiger partial charge in [0.15, 0.2) is 0 Å². The van der Waals surface area contributed by atoms with Crippen molar-refractivity contribution in [3.8, 4) is 0 Å². The van der Waals surface area contributed by atoms with Gasteiger partial charge in [0, 0.05) is 26.3 Å². The largest absolute Gasteiger partial charge is 0.395 e. The molecular weight excluding hydrogens is 242 g/mol. The van der Waals surface area contributed by atoms with Gasteiger partial charge in [-0.1, -0.05) is 6.92 Å². The van der Waals surface area contributed by atoms with Gasteiger partial charge in [-0.2, -0.15) is 4.31 Å². The van der Waals surface area contributed by atoms with Gasteiger partial charge >= 0.3 is 0 Å². The van der Waals surface area contributed by atoms with E-state index in [9.17, 15) is 8.42 Å². The first-order valence-electron chi connectivity index (χ1n) is 5.31. The van der Waals surface area contributed by atoms with E-state index in [0.29, 0.717) is 12.4 Å². The molecule has 0 spiro atoms. The highest BCUT2D eigenvalue weighted by atomic mass is 32.2. The molecule has 1 rings (SSSR count). The van der Waals surface area contributed by atoms with E-state index in [0.717, 1.165) is 0 Å². The number of pyridine rings is 1. The Balaban J connectivity index is 3.02. The van der Waals surface area contributed by atoms with Gasteiger partial charge in [0.1, 0.15) is 10.7 Å². The lowest BCUT2D eigenvalue weighted by Gasteiger charge is -2.19. The molecule has 96 valence electrons. The van der Waals surface area contributed by atoms with Crippen molar-refractivity contribution < 1.29 is 13.5 Å². The van der Waals surface area contributed by atoms with Crippen LogP contribution in [0.4, 0.5) is 5.82 Å². The minimum Gasteiger partial charge on any atom is -0.395 e. The lowest BCUT2D eigenvalue weighted by atomic mass is 10.5. The fraction of sp³-hybridized carbons (Fsp3) is 0.500. The van der Waals surface area contributed by atoms with Crippen molar-refractivity contribution >= 4 is 15.8 Å². The van der Waals surface area contributed by atoms with Crippen LogP contribution in [0.25, 0.3) is 0 Å². The number of hydrogen-bond donors (Lipinski definition) is 2. The second kappa shape index (κ2) is 5.95. The Labute approximate surface area is 101 Å². The summed E-state index contributed by atoms with van der Waals surface area (Å²) >= 11 is 0. The summed E-state index contributed by atoms with van der Waals surface area (Å²) in [5.41, 5.74) is 0. The summed E-state index contributed by atoms with van der Waals surface area (Å²) in [4.78, 5) is 4.09. The Morgan fingerprint density at radius 3 is 2.59 bits per heavy atom. The van der Waals surface area contributed by atoms with Crippen LogP contribution in [0.1, 0.15) is 6.92 Å². The van der Waals surface area contributed by atoms with Crippen molar-refractivity contribution in [2.45, 2.75) is 11.8 Å². The van der Waals surface area contributed by atoms with Crippen LogP contribution >= 0.6 is 0 Å². The van der Waals surface area contributed by atoms with Crippen LogP contribution in [-0.2, 0) is 10.0 Å².